The minimum absolute atomic E-state index is 0.0466. The van der Waals surface area contributed by atoms with Gasteiger partial charge in [0.2, 0.25) is 10.0 Å². The predicted octanol–water partition coefficient (Wildman–Crippen LogP) is 2.49. The number of carbonyl (C=O) groups excluding carboxylic acids is 2. The summed E-state index contributed by atoms with van der Waals surface area (Å²) in [6.45, 7) is 1.58. The Hall–Kier alpha value is -3.08. The third-order valence-electron chi connectivity index (χ3n) is 4.97. The molecule has 1 atom stereocenters. The molecule has 31 heavy (non-hydrogen) atoms. The van der Waals surface area contributed by atoms with E-state index in [1.165, 1.54) is 23.5 Å². The van der Waals surface area contributed by atoms with Crippen molar-refractivity contribution in [2.45, 2.75) is 30.3 Å². The summed E-state index contributed by atoms with van der Waals surface area (Å²) in [5.74, 6) is -0.976. The maximum Gasteiger partial charge on any atom is 0.339 e. The second kappa shape index (κ2) is 7.88. The lowest BCUT2D eigenvalue weighted by Crippen LogP contribution is -2.48. The Kier molecular flexibility index (Phi) is 5.38. The maximum atomic E-state index is 12.9. The highest BCUT2D eigenvalue weighted by atomic mass is 32.2. The van der Waals surface area contributed by atoms with Gasteiger partial charge in [0, 0.05) is 23.9 Å². The van der Waals surface area contributed by atoms with E-state index in [1.807, 2.05) is 12.1 Å². The Morgan fingerprint density at radius 1 is 1.23 bits per heavy atom. The molecule has 1 aliphatic heterocycles. The molecule has 4 rings (SSSR count). The first-order valence-corrected chi connectivity index (χ1v) is 11.7. The van der Waals surface area contributed by atoms with Gasteiger partial charge in [0.25, 0.3) is 5.91 Å². The molecular weight excluding hydrogens is 438 g/mol. The molecular formula is C21H19N3O5S2. The zero-order valence-corrected chi connectivity index (χ0v) is 18.1. The SMILES string of the molecule is CC1(C(=O)Nc2ncc(Cc3ccc(S(N)(=O)=O)cc3)s2)Cc2ccccc2C(=O)O1. The number of benzene rings is 2. The number of aromatic nitrogens is 1. The van der Waals surface area contributed by atoms with Gasteiger partial charge in [-0.05, 0) is 36.2 Å². The Morgan fingerprint density at radius 2 is 1.94 bits per heavy atom. The molecule has 1 unspecified atom stereocenters. The van der Waals surface area contributed by atoms with Crippen LogP contribution in [0.1, 0.15) is 33.3 Å². The summed E-state index contributed by atoms with van der Waals surface area (Å²) in [5, 5.41) is 8.23. The van der Waals surface area contributed by atoms with E-state index in [9.17, 15) is 18.0 Å². The van der Waals surface area contributed by atoms with Crippen LogP contribution in [0, 0.1) is 0 Å². The van der Waals surface area contributed by atoms with Crippen LogP contribution in [0.2, 0.25) is 0 Å². The number of cyclic esters (lactones) is 1. The predicted molar refractivity (Wildman–Crippen MR) is 115 cm³/mol. The van der Waals surface area contributed by atoms with Crippen LogP contribution in [0.3, 0.4) is 0 Å². The largest absolute Gasteiger partial charge is 0.445 e. The van der Waals surface area contributed by atoms with Crippen LogP contribution >= 0.6 is 11.3 Å². The second-order valence-electron chi connectivity index (χ2n) is 7.41. The first kappa shape index (κ1) is 21.2. The number of amides is 1. The standard InChI is InChI=1S/C21H19N3O5S2/c1-21(11-14-4-2-3-5-17(14)18(25)29-21)19(26)24-20-23-12-15(30-20)10-13-6-8-16(9-7-13)31(22,27)28/h2-9,12H,10-11H2,1H3,(H2,22,27,28)(H,23,24,26). The summed E-state index contributed by atoms with van der Waals surface area (Å²) in [7, 11) is -3.73. The Bertz CT molecular complexity index is 1270. The number of primary sulfonamides is 1. The van der Waals surface area contributed by atoms with E-state index in [0.29, 0.717) is 17.1 Å². The molecule has 0 saturated heterocycles. The van der Waals surface area contributed by atoms with Gasteiger partial charge in [0.15, 0.2) is 10.7 Å². The lowest BCUT2D eigenvalue weighted by molar-refractivity contribution is -0.134. The third-order valence-corrected chi connectivity index (χ3v) is 6.81. The number of nitrogens with zero attached hydrogens (tertiary/aromatic N) is 1. The number of ether oxygens (including phenoxy) is 1. The number of nitrogens with one attached hydrogen (secondary N) is 1. The highest BCUT2D eigenvalue weighted by molar-refractivity contribution is 7.89. The van der Waals surface area contributed by atoms with Gasteiger partial charge < -0.3 is 4.74 Å². The molecule has 0 spiro atoms. The van der Waals surface area contributed by atoms with E-state index in [4.69, 9.17) is 9.88 Å². The molecule has 0 bridgehead atoms. The number of sulfonamides is 1. The molecule has 1 aromatic heterocycles. The number of thiazole rings is 1. The normalized spacial score (nSPS) is 18.2. The molecule has 3 aromatic rings. The van der Waals surface area contributed by atoms with Crippen LogP contribution < -0.4 is 10.5 Å². The van der Waals surface area contributed by atoms with Gasteiger partial charge in [0.05, 0.1) is 10.5 Å². The number of esters is 1. The summed E-state index contributed by atoms with van der Waals surface area (Å²) >= 11 is 1.29. The van der Waals surface area contributed by atoms with Crippen molar-refractivity contribution < 1.29 is 22.7 Å². The monoisotopic (exact) mass is 457 g/mol. The molecule has 0 fully saturated rings. The first-order valence-electron chi connectivity index (χ1n) is 9.33. The summed E-state index contributed by atoms with van der Waals surface area (Å²) in [6.07, 6.45) is 2.42. The van der Waals surface area contributed by atoms with Crippen molar-refractivity contribution in [3.63, 3.8) is 0 Å². The molecule has 160 valence electrons. The van der Waals surface area contributed by atoms with Crippen LogP contribution in [-0.4, -0.2) is 30.9 Å². The number of nitrogens with two attached hydrogens (primary N) is 1. The lowest BCUT2D eigenvalue weighted by Gasteiger charge is -2.32. The summed E-state index contributed by atoms with van der Waals surface area (Å²) in [6, 6.07) is 13.3. The second-order valence-corrected chi connectivity index (χ2v) is 10.1. The molecule has 2 heterocycles. The highest BCUT2D eigenvalue weighted by Crippen LogP contribution is 2.30. The van der Waals surface area contributed by atoms with Gasteiger partial charge >= 0.3 is 5.97 Å². The molecule has 1 aliphatic rings. The summed E-state index contributed by atoms with van der Waals surface area (Å²) in [4.78, 5) is 30.3. The highest BCUT2D eigenvalue weighted by Gasteiger charge is 2.42. The first-order chi connectivity index (χ1) is 14.6. The average Bonchev–Trinajstić information content (AvgIpc) is 3.14. The van der Waals surface area contributed by atoms with Crippen LogP contribution in [0.5, 0.6) is 0 Å². The van der Waals surface area contributed by atoms with E-state index in [-0.39, 0.29) is 11.3 Å². The number of anilines is 1. The van der Waals surface area contributed by atoms with Gasteiger partial charge in [0.1, 0.15) is 0 Å². The summed E-state index contributed by atoms with van der Waals surface area (Å²) < 4.78 is 28.1. The molecule has 0 radical (unpaired) electrons. The van der Waals surface area contributed by atoms with Gasteiger partial charge in [-0.25, -0.2) is 23.3 Å². The van der Waals surface area contributed by atoms with E-state index in [2.05, 4.69) is 10.3 Å². The fraction of sp³-hybridized carbons (Fsp3) is 0.190. The van der Waals surface area contributed by atoms with Crippen molar-refractivity contribution in [2.75, 3.05) is 5.32 Å². The van der Waals surface area contributed by atoms with Crippen LogP contribution in [0.15, 0.2) is 59.6 Å². The molecule has 10 heteroatoms. The van der Waals surface area contributed by atoms with Crippen LogP contribution in [-0.2, 0) is 32.4 Å². The van der Waals surface area contributed by atoms with Crippen molar-refractivity contribution in [3.05, 3.63) is 76.3 Å². The Balaban J connectivity index is 1.44. The average molecular weight is 458 g/mol. The van der Waals surface area contributed by atoms with Crippen LogP contribution in [0.4, 0.5) is 5.13 Å². The fourth-order valence-corrected chi connectivity index (χ4v) is 4.69. The number of carbonyl (C=O) groups is 2. The maximum absolute atomic E-state index is 12.9. The van der Waals surface area contributed by atoms with Crippen molar-refractivity contribution in [1.29, 1.82) is 0 Å². The smallest absolute Gasteiger partial charge is 0.339 e. The quantitative estimate of drug-likeness (QED) is 0.567. The van der Waals surface area contributed by atoms with Gasteiger partial charge in [-0.1, -0.05) is 30.3 Å². The van der Waals surface area contributed by atoms with Crippen molar-refractivity contribution >= 4 is 38.4 Å². The molecule has 8 nitrogen and oxygen atoms in total. The van der Waals surface area contributed by atoms with Gasteiger partial charge in [-0.15, -0.1) is 11.3 Å². The number of fused-ring (bicyclic) bond motifs is 1. The minimum Gasteiger partial charge on any atom is -0.445 e. The molecule has 0 aliphatic carbocycles. The summed E-state index contributed by atoms with van der Waals surface area (Å²) in [5.41, 5.74) is 0.775. The molecule has 3 N–H and O–H groups in total. The number of hydrogen-bond donors (Lipinski definition) is 2. The van der Waals surface area contributed by atoms with Crippen LogP contribution in [0.25, 0.3) is 0 Å². The van der Waals surface area contributed by atoms with Gasteiger partial charge in [-0.3, -0.25) is 10.1 Å². The van der Waals surface area contributed by atoms with E-state index in [1.54, 1.807) is 37.4 Å². The number of hydrogen-bond acceptors (Lipinski definition) is 7. The topological polar surface area (TPSA) is 128 Å². The van der Waals surface area contributed by atoms with Gasteiger partial charge in [-0.2, -0.15) is 0 Å². The third kappa shape index (κ3) is 4.50. The Morgan fingerprint density at radius 3 is 2.65 bits per heavy atom. The fourth-order valence-electron chi connectivity index (χ4n) is 3.33. The van der Waals surface area contributed by atoms with Crippen molar-refractivity contribution in [3.8, 4) is 0 Å². The molecule has 0 saturated carbocycles. The van der Waals surface area contributed by atoms with E-state index >= 15 is 0 Å². The minimum atomic E-state index is -3.73. The van der Waals surface area contributed by atoms with E-state index < -0.39 is 27.5 Å². The molecule has 1 amide bonds. The van der Waals surface area contributed by atoms with E-state index in [0.717, 1.165) is 16.0 Å². The number of rotatable bonds is 5. The zero-order valence-electron chi connectivity index (χ0n) is 16.5. The lowest BCUT2D eigenvalue weighted by atomic mass is 9.89. The van der Waals surface area contributed by atoms with Crippen molar-refractivity contribution in [1.82, 2.24) is 4.98 Å². The Labute approximate surface area is 183 Å². The molecule has 2 aromatic carbocycles. The van der Waals surface area contributed by atoms with Crippen molar-refractivity contribution in [2.24, 2.45) is 5.14 Å². The zero-order chi connectivity index (χ0) is 22.2.